The van der Waals surface area contributed by atoms with Crippen molar-refractivity contribution in [2.75, 3.05) is 5.73 Å². The maximum absolute atomic E-state index is 11.5. The number of nitrogen functional groups attached to an aromatic ring is 1. The van der Waals surface area contributed by atoms with E-state index in [1.165, 1.54) is 13.3 Å². The molecule has 0 atom stereocenters. The normalized spacial score (nSPS) is 10.9. The lowest BCUT2D eigenvalue weighted by molar-refractivity contribution is 0.101. The number of ketones is 1. The lowest BCUT2D eigenvalue weighted by Crippen LogP contribution is -1.95. The van der Waals surface area contributed by atoms with E-state index in [9.17, 15) is 4.79 Å². The number of aryl methyl sites for hydroxylation is 1. The maximum atomic E-state index is 11.5. The van der Waals surface area contributed by atoms with Crippen molar-refractivity contribution in [2.45, 2.75) is 6.92 Å². The van der Waals surface area contributed by atoms with Crippen LogP contribution in [0.15, 0.2) is 30.6 Å². The molecule has 0 amide bonds. The number of carbonyl (C=O) groups excluding carboxylic acids is 1. The molecule has 0 aliphatic rings. The molecule has 3 rings (SSSR count). The minimum atomic E-state index is 0.0105. The second-order valence-electron chi connectivity index (χ2n) is 4.57. The van der Waals surface area contributed by atoms with Crippen LogP contribution in [0.25, 0.3) is 22.3 Å². The number of fused-ring (bicyclic) bond motifs is 1. The second-order valence-corrected chi connectivity index (χ2v) is 4.57. The van der Waals surface area contributed by atoms with Crippen LogP contribution in [-0.2, 0) is 7.05 Å². The predicted molar refractivity (Wildman–Crippen MR) is 76.2 cm³/mol. The highest BCUT2D eigenvalue weighted by Gasteiger charge is 2.15. The summed E-state index contributed by atoms with van der Waals surface area (Å²) < 4.78 is 1.66. The highest BCUT2D eigenvalue weighted by molar-refractivity contribution is 6.00. The van der Waals surface area contributed by atoms with Crippen molar-refractivity contribution in [1.29, 1.82) is 0 Å². The van der Waals surface area contributed by atoms with E-state index in [2.05, 4.69) is 15.1 Å². The summed E-state index contributed by atoms with van der Waals surface area (Å²) in [5, 5.41) is 5.15. The molecule has 1 aromatic carbocycles. The molecule has 6 heteroatoms. The molecular formula is C14H13N5O. The minimum absolute atomic E-state index is 0.0105. The van der Waals surface area contributed by atoms with Gasteiger partial charge in [0, 0.05) is 18.2 Å². The first-order valence-electron chi connectivity index (χ1n) is 6.12. The fraction of sp³-hybridized carbons (Fsp3) is 0.143. The Hall–Kier alpha value is -2.76. The lowest BCUT2D eigenvalue weighted by Gasteiger charge is -2.01. The van der Waals surface area contributed by atoms with Crippen molar-refractivity contribution >= 4 is 22.6 Å². The topological polar surface area (TPSA) is 86.7 Å². The number of nitrogens with two attached hydrogens (primary N) is 1. The van der Waals surface area contributed by atoms with E-state index in [0.29, 0.717) is 28.1 Å². The van der Waals surface area contributed by atoms with E-state index in [1.54, 1.807) is 23.9 Å². The molecule has 0 fully saturated rings. The van der Waals surface area contributed by atoms with Gasteiger partial charge in [0.2, 0.25) is 0 Å². The smallest absolute Gasteiger partial charge is 0.163 e. The van der Waals surface area contributed by atoms with Gasteiger partial charge in [0.1, 0.15) is 17.8 Å². The van der Waals surface area contributed by atoms with Crippen molar-refractivity contribution in [3.05, 3.63) is 36.2 Å². The highest BCUT2D eigenvalue weighted by atomic mass is 16.1. The Bertz CT molecular complexity index is 822. The monoisotopic (exact) mass is 267 g/mol. The number of nitrogens with zero attached hydrogens (tertiary/aromatic N) is 4. The number of aromatic nitrogens is 4. The Morgan fingerprint density at radius 1 is 1.30 bits per heavy atom. The summed E-state index contributed by atoms with van der Waals surface area (Å²) >= 11 is 0. The van der Waals surface area contributed by atoms with E-state index in [1.807, 2.05) is 12.1 Å². The Balaban J connectivity index is 2.30. The van der Waals surface area contributed by atoms with E-state index in [-0.39, 0.29) is 5.78 Å². The van der Waals surface area contributed by atoms with E-state index < -0.39 is 0 Å². The second kappa shape index (κ2) is 4.41. The van der Waals surface area contributed by atoms with Gasteiger partial charge in [0.15, 0.2) is 11.4 Å². The van der Waals surface area contributed by atoms with Crippen LogP contribution < -0.4 is 5.73 Å². The third-order valence-corrected chi connectivity index (χ3v) is 3.19. The van der Waals surface area contributed by atoms with Crippen LogP contribution in [0.5, 0.6) is 0 Å². The SMILES string of the molecule is CC(=O)c1cccc(-c2nn(C)c3ncnc(N)c23)c1. The van der Waals surface area contributed by atoms with E-state index in [0.717, 1.165) is 5.56 Å². The van der Waals surface area contributed by atoms with Gasteiger partial charge in [-0.05, 0) is 13.0 Å². The number of anilines is 1. The maximum Gasteiger partial charge on any atom is 0.163 e. The van der Waals surface area contributed by atoms with Gasteiger partial charge in [-0.3, -0.25) is 4.79 Å². The van der Waals surface area contributed by atoms with Crippen LogP contribution >= 0.6 is 0 Å². The third kappa shape index (κ3) is 1.82. The van der Waals surface area contributed by atoms with E-state index >= 15 is 0 Å². The first-order valence-corrected chi connectivity index (χ1v) is 6.12. The van der Waals surface area contributed by atoms with Gasteiger partial charge >= 0.3 is 0 Å². The first kappa shape index (κ1) is 12.3. The van der Waals surface area contributed by atoms with Crippen molar-refractivity contribution in [3.8, 4) is 11.3 Å². The van der Waals surface area contributed by atoms with Crippen molar-refractivity contribution in [1.82, 2.24) is 19.7 Å². The molecule has 0 bridgehead atoms. The number of rotatable bonds is 2. The van der Waals surface area contributed by atoms with Crippen LogP contribution in [0.3, 0.4) is 0 Å². The van der Waals surface area contributed by atoms with Gasteiger partial charge in [-0.1, -0.05) is 18.2 Å². The molecule has 2 N–H and O–H groups in total. The number of Topliss-reactive ketones (excluding diaryl/α,β-unsaturated/α-hetero) is 1. The highest BCUT2D eigenvalue weighted by Crippen LogP contribution is 2.29. The molecule has 0 aliphatic heterocycles. The van der Waals surface area contributed by atoms with Crippen LogP contribution in [0.4, 0.5) is 5.82 Å². The molecule has 0 saturated carbocycles. The molecule has 0 saturated heterocycles. The Morgan fingerprint density at radius 2 is 2.10 bits per heavy atom. The number of hydrogen-bond acceptors (Lipinski definition) is 5. The zero-order valence-electron chi connectivity index (χ0n) is 11.2. The van der Waals surface area contributed by atoms with Gasteiger partial charge in [-0.25, -0.2) is 14.6 Å². The van der Waals surface area contributed by atoms with Gasteiger partial charge in [-0.15, -0.1) is 0 Å². The summed E-state index contributed by atoms with van der Waals surface area (Å²) in [6.07, 6.45) is 1.41. The summed E-state index contributed by atoms with van der Waals surface area (Å²) in [7, 11) is 1.80. The number of benzene rings is 1. The van der Waals surface area contributed by atoms with Gasteiger partial charge in [0.05, 0.1) is 5.39 Å². The summed E-state index contributed by atoms with van der Waals surface area (Å²) in [6.45, 7) is 1.53. The zero-order chi connectivity index (χ0) is 14.3. The Morgan fingerprint density at radius 3 is 2.85 bits per heavy atom. The molecule has 6 nitrogen and oxygen atoms in total. The molecule has 0 spiro atoms. The molecule has 3 aromatic rings. The molecule has 0 aliphatic carbocycles. The van der Waals surface area contributed by atoms with Gasteiger partial charge < -0.3 is 5.73 Å². The predicted octanol–water partition coefficient (Wildman–Crippen LogP) is 1.82. The van der Waals surface area contributed by atoms with Gasteiger partial charge in [-0.2, -0.15) is 5.10 Å². The molecule has 2 aromatic heterocycles. The Labute approximate surface area is 115 Å². The minimum Gasteiger partial charge on any atom is -0.383 e. The van der Waals surface area contributed by atoms with Crippen molar-refractivity contribution < 1.29 is 4.79 Å². The average Bonchev–Trinajstić information content (AvgIpc) is 2.78. The zero-order valence-corrected chi connectivity index (χ0v) is 11.2. The Kier molecular flexibility index (Phi) is 2.71. The van der Waals surface area contributed by atoms with Crippen LogP contribution in [-0.4, -0.2) is 25.5 Å². The summed E-state index contributed by atoms with van der Waals surface area (Å²) in [4.78, 5) is 19.7. The summed E-state index contributed by atoms with van der Waals surface area (Å²) in [6, 6.07) is 7.29. The average molecular weight is 267 g/mol. The van der Waals surface area contributed by atoms with Gasteiger partial charge in [0.25, 0.3) is 0 Å². The molecule has 0 radical (unpaired) electrons. The molecule has 0 unspecified atom stereocenters. The van der Waals surface area contributed by atoms with Crippen molar-refractivity contribution in [3.63, 3.8) is 0 Å². The van der Waals surface area contributed by atoms with E-state index in [4.69, 9.17) is 5.73 Å². The van der Waals surface area contributed by atoms with Crippen LogP contribution in [0.1, 0.15) is 17.3 Å². The molecule has 100 valence electrons. The quantitative estimate of drug-likeness (QED) is 0.715. The van der Waals surface area contributed by atoms with Crippen LogP contribution in [0.2, 0.25) is 0 Å². The number of hydrogen-bond donors (Lipinski definition) is 1. The molecule has 20 heavy (non-hydrogen) atoms. The third-order valence-electron chi connectivity index (χ3n) is 3.19. The molecular weight excluding hydrogens is 254 g/mol. The molecule has 2 heterocycles. The fourth-order valence-corrected chi connectivity index (χ4v) is 2.20. The van der Waals surface area contributed by atoms with Crippen LogP contribution in [0, 0.1) is 0 Å². The lowest BCUT2D eigenvalue weighted by atomic mass is 10.0. The van der Waals surface area contributed by atoms with Crippen molar-refractivity contribution in [2.24, 2.45) is 7.05 Å². The summed E-state index contributed by atoms with van der Waals surface area (Å²) in [5.41, 5.74) is 8.75. The first-order chi connectivity index (χ1) is 9.58. The summed E-state index contributed by atoms with van der Waals surface area (Å²) in [5.74, 6) is 0.391. The largest absolute Gasteiger partial charge is 0.383 e. The standard InChI is InChI=1S/C14H13N5O/c1-8(20)9-4-3-5-10(6-9)12-11-13(15)16-7-17-14(11)19(2)18-12/h3-7H,1-2H3,(H2,15,16,17). The fourth-order valence-electron chi connectivity index (χ4n) is 2.20. The number of carbonyl (C=O) groups is 1.